The molecule has 0 atom stereocenters. The number of carbonyl (C=O) groups is 1. The van der Waals surface area contributed by atoms with Crippen LogP contribution in [0, 0.1) is 0 Å². The fraction of sp³-hybridized carbons (Fsp3) is 0.500. The lowest BCUT2D eigenvalue weighted by molar-refractivity contribution is -0.126. The molecule has 1 aliphatic heterocycles. The average Bonchev–Trinajstić information content (AvgIpc) is 2.81. The van der Waals surface area contributed by atoms with E-state index in [0.717, 1.165) is 13.7 Å². The van der Waals surface area contributed by atoms with Crippen molar-refractivity contribution < 1.29 is 13.2 Å². The third kappa shape index (κ3) is 3.08. The molecule has 2 rings (SSSR count). The van der Waals surface area contributed by atoms with Crippen LogP contribution < -0.4 is 0 Å². The van der Waals surface area contributed by atoms with Crippen molar-refractivity contribution in [3.8, 4) is 0 Å². The van der Waals surface area contributed by atoms with Crippen LogP contribution in [0.3, 0.4) is 0 Å². The summed E-state index contributed by atoms with van der Waals surface area (Å²) in [4.78, 5) is 12.9. The quantitative estimate of drug-likeness (QED) is 0.847. The van der Waals surface area contributed by atoms with Crippen molar-refractivity contribution in [2.45, 2.75) is 19.3 Å². The van der Waals surface area contributed by atoms with Gasteiger partial charge in [-0.05, 0) is 34.8 Å². The molecule has 0 N–H and O–H groups in total. The van der Waals surface area contributed by atoms with E-state index in [4.69, 9.17) is 0 Å². The van der Waals surface area contributed by atoms with Gasteiger partial charge in [-0.2, -0.15) is 0 Å². The molecular formula is C10H12BrNO3S2. The Labute approximate surface area is 113 Å². The minimum Gasteiger partial charge on any atom is -0.274 e. The summed E-state index contributed by atoms with van der Waals surface area (Å²) < 4.78 is 25.1. The molecule has 1 amide bonds. The Morgan fingerprint density at radius 2 is 2.29 bits per heavy atom. The maximum absolute atomic E-state index is 11.8. The van der Waals surface area contributed by atoms with Gasteiger partial charge in [0.25, 0.3) is 0 Å². The van der Waals surface area contributed by atoms with Crippen LogP contribution in [0.2, 0.25) is 0 Å². The number of nitrogens with zero attached hydrogens (tertiary/aromatic N) is 1. The lowest BCUT2D eigenvalue weighted by Gasteiger charge is -2.13. The summed E-state index contributed by atoms with van der Waals surface area (Å²) >= 11 is 4.91. The first-order valence-electron chi connectivity index (χ1n) is 5.25. The molecule has 0 bridgehead atoms. The van der Waals surface area contributed by atoms with Crippen LogP contribution in [0.1, 0.15) is 17.7 Å². The van der Waals surface area contributed by atoms with Crippen molar-refractivity contribution in [3.63, 3.8) is 0 Å². The zero-order valence-electron chi connectivity index (χ0n) is 9.06. The van der Waals surface area contributed by atoms with E-state index in [-0.39, 0.29) is 18.1 Å². The molecule has 1 saturated heterocycles. The summed E-state index contributed by atoms with van der Waals surface area (Å²) in [6, 6.07) is 1.95. The smallest absolute Gasteiger partial charge is 0.237 e. The summed E-state index contributed by atoms with van der Waals surface area (Å²) in [7, 11) is -3.31. The van der Waals surface area contributed by atoms with Crippen molar-refractivity contribution >= 4 is 43.2 Å². The predicted molar refractivity (Wildman–Crippen MR) is 70.5 cm³/mol. The fourth-order valence-electron chi connectivity index (χ4n) is 1.76. The van der Waals surface area contributed by atoms with Crippen LogP contribution >= 0.6 is 27.3 Å². The molecular weight excluding hydrogens is 326 g/mol. The highest BCUT2D eigenvalue weighted by Crippen LogP contribution is 2.22. The third-order valence-electron chi connectivity index (χ3n) is 2.58. The number of sulfonamides is 1. The molecule has 0 saturated carbocycles. The van der Waals surface area contributed by atoms with Gasteiger partial charge in [0.2, 0.25) is 15.9 Å². The van der Waals surface area contributed by atoms with Gasteiger partial charge in [0, 0.05) is 27.7 Å². The second-order valence-corrected chi connectivity index (χ2v) is 7.79. The molecule has 0 unspecified atom stereocenters. The number of carbonyl (C=O) groups excluding carboxylic acids is 1. The van der Waals surface area contributed by atoms with E-state index in [1.807, 2.05) is 11.4 Å². The topological polar surface area (TPSA) is 54.5 Å². The molecule has 7 heteroatoms. The molecule has 17 heavy (non-hydrogen) atoms. The summed E-state index contributed by atoms with van der Waals surface area (Å²) in [6.07, 6.45) is 1.41. The lowest BCUT2D eigenvalue weighted by Crippen LogP contribution is -2.32. The van der Waals surface area contributed by atoms with Crippen molar-refractivity contribution in [2.75, 3.05) is 12.3 Å². The number of hydrogen-bond donors (Lipinski definition) is 0. The highest BCUT2D eigenvalue weighted by Gasteiger charge is 2.31. The maximum atomic E-state index is 11.8. The van der Waals surface area contributed by atoms with Gasteiger partial charge in [-0.1, -0.05) is 0 Å². The van der Waals surface area contributed by atoms with Gasteiger partial charge in [-0.15, -0.1) is 11.3 Å². The van der Waals surface area contributed by atoms with Crippen LogP contribution in [-0.2, 0) is 21.2 Å². The van der Waals surface area contributed by atoms with E-state index in [0.29, 0.717) is 19.4 Å². The third-order valence-corrected chi connectivity index (χ3v) is 6.20. The standard InChI is InChI=1S/C10H12BrNO3S2/c11-8-6-9(16-7-8)2-3-10(13)12-4-1-5-17(12,14)15/h6-7H,1-5H2. The van der Waals surface area contributed by atoms with Gasteiger partial charge in [0.15, 0.2) is 0 Å². The summed E-state index contributed by atoms with van der Waals surface area (Å²) in [5.41, 5.74) is 0. The Morgan fingerprint density at radius 1 is 1.53 bits per heavy atom. The number of hydrogen-bond acceptors (Lipinski definition) is 4. The summed E-state index contributed by atoms with van der Waals surface area (Å²) in [6.45, 7) is 0.343. The SMILES string of the molecule is O=C(CCc1cc(Br)cs1)N1CCCS1(=O)=O. The molecule has 4 nitrogen and oxygen atoms in total. The molecule has 94 valence electrons. The lowest BCUT2D eigenvalue weighted by atomic mass is 10.2. The van der Waals surface area contributed by atoms with Crippen LogP contribution in [-0.4, -0.2) is 30.9 Å². The summed E-state index contributed by atoms with van der Waals surface area (Å²) in [5, 5.41) is 1.95. The first-order chi connectivity index (χ1) is 7.99. The normalized spacial score (nSPS) is 18.5. The maximum Gasteiger partial charge on any atom is 0.237 e. The Morgan fingerprint density at radius 3 is 2.82 bits per heavy atom. The number of thiophene rings is 1. The van der Waals surface area contributed by atoms with Crippen LogP contribution in [0.15, 0.2) is 15.9 Å². The molecule has 1 fully saturated rings. The van der Waals surface area contributed by atoms with Crippen molar-refractivity contribution in [1.29, 1.82) is 0 Å². The number of halogens is 1. The first kappa shape index (κ1) is 13.0. The average molecular weight is 338 g/mol. The Bertz CT molecular complexity index is 523. The van der Waals surface area contributed by atoms with Gasteiger partial charge < -0.3 is 0 Å². The number of rotatable bonds is 3. The highest BCUT2D eigenvalue weighted by atomic mass is 79.9. The second kappa shape index (κ2) is 5.07. The van der Waals surface area contributed by atoms with Crippen molar-refractivity contribution in [2.24, 2.45) is 0 Å². The van der Waals surface area contributed by atoms with E-state index >= 15 is 0 Å². The molecule has 2 heterocycles. The monoisotopic (exact) mass is 337 g/mol. The Kier molecular flexibility index (Phi) is 3.89. The molecule has 0 spiro atoms. The zero-order chi connectivity index (χ0) is 12.5. The fourth-order valence-corrected chi connectivity index (χ4v) is 4.74. The van der Waals surface area contributed by atoms with Crippen molar-refractivity contribution in [1.82, 2.24) is 4.31 Å². The molecule has 0 radical (unpaired) electrons. The molecule has 1 aliphatic rings. The van der Waals surface area contributed by atoms with E-state index < -0.39 is 10.0 Å². The van der Waals surface area contributed by atoms with Crippen LogP contribution in [0.25, 0.3) is 0 Å². The van der Waals surface area contributed by atoms with Gasteiger partial charge in [0.05, 0.1) is 5.75 Å². The van der Waals surface area contributed by atoms with Crippen LogP contribution in [0.4, 0.5) is 0 Å². The Balaban J connectivity index is 1.94. The van der Waals surface area contributed by atoms with E-state index in [9.17, 15) is 13.2 Å². The van der Waals surface area contributed by atoms with Gasteiger partial charge >= 0.3 is 0 Å². The van der Waals surface area contributed by atoms with Gasteiger partial charge in [-0.3, -0.25) is 4.79 Å². The first-order valence-corrected chi connectivity index (χ1v) is 8.53. The molecule has 1 aromatic heterocycles. The minimum atomic E-state index is -3.31. The van der Waals surface area contributed by atoms with E-state index in [2.05, 4.69) is 15.9 Å². The van der Waals surface area contributed by atoms with E-state index in [1.54, 1.807) is 11.3 Å². The summed E-state index contributed by atoms with van der Waals surface area (Å²) in [5.74, 6) is -0.185. The van der Waals surface area contributed by atoms with Crippen LogP contribution in [0.5, 0.6) is 0 Å². The van der Waals surface area contributed by atoms with Gasteiger partial charge in [0.1, 0.15) is 0 Å². The molecule has 0 aliphatic carbocycles. The minimum absolute atomic E-state index is 0.100. The van der Waals surface area contributed by atoms with Crippen molar-refractivity contribution in [3.05, 3.63) is 20.8 Å². The van der Waals surface area contributed by atoms with E-state index in [1.165, 1.54) is 0 Å². The molecule has 1 aromatic rings. The zero-order valence-corrected chi connectivity index (χ0v) is 12.3. The van der Waals surface area contributed by atoms with Gasteiger partial charge in [-0.25, -0.2) is 12.7 Å². The largest absolute Gasteiger partial charge is 0.274 e. The highest BCUT2D eigenvalue weighted by molar-refractivity contribution is 9.10. The number of aryl methyl sites for hydroxylation is 1. The predicted octanol–water partition coefficient (Wildman–Crippen LogP) is 2.01. The second-order valence-electron chi connectivity index (χ2n) is 3.87. The Hall–Kier alpha value is -0.400. The number of amides is 1. The molecule has 0 aromatic carbocycles.